The molecule has 0 aromatic carbocycles. The van der Waals surface area contributed by atoms with E-state index < -0.39 is 0 Å². The molecule has 4 heteroatoms. The van der Waals surface area contributed by atoms with Gasteiger partial charge in [0.25, 0.3) is 0 Å². The average Bonchev–Trinajstić information content (AvgIpc) is 2.44. The Balaban J connectivity index is 2.50. The van der Waals surface area contributed by atoms with E-state index >= 15 is 0 Å². The maximum atomic E-state index is 12.0. The van der Waals surface area contributed by atoms with E-state index in [9.17, 15) is 4.79 Å². The van der Waals surface area contributed by atoms with Gasteiger partial charge < -0.3 is 15.8 Å². The number of carbonyl (C=O) groups excluding carboxylic acids is 1. The highest BCUT2D eigenvalue weighted by Crippen LogP contribution is 2.26. The van der Waals surface area contributed by atoms with Crippen molar-refractivity contribution in [1.29, 1.82) is 0 Å². The molecule has 1 aliphatic rings. The second-order valence-corrected chi connectivity index (χ2v) is 6.41. The first-order valence-corrected chi connectivity index (χ1v) is 6.33. The maximum Gasteiger partial charge on any atom is 0.222 e. The van der Waals surface area contributed by atoms with Crippen LogP contribution in [0.5, 0.6) is 0 Å². The molecular formula is C13H26N2O2. The Morgan fingerprint density at radius 2 is 2.18 bits per heavy atom. The predicted octanol–water partition coefficient (Wildman–Crippen LogP) is 1.43. The zero-order valence-electron chi connectivity index (χ0n) is 11.7. The molecule has 0 spiro atoms. The largest absolute Gasteiger partial charge is 0.376 e. The number of hydrogen-bond acceptors (Lipinski definition) is 3. The first kappa shape index (κ1) is 14.5. The molecule has 0 radical (unpaired) electrons. The summed E-state index contributed by atoms with van der Waals surface area (Å²) >= 11 is 0. The van der Waals surface area contributed by atoms with E-state index in [4.69, 9.17) is 10.5 Å². The Bertz CT molecular complexity index is 286. The normalized spacial score (nSPS) is 31.3. The third kappa shape index (κ3) is 3.68. The highest BCUT2D eigenvalue weighted by Gasteiger charge is 2.38. The third-order valence-corrected chi connectivity index (χ3v) is 3.83. The summed E-state index contributed by atoms with van der Waals surface area (Å²) in [5.74, 6) is 0.0206. The van der Waals surface area contributed by atoms with Crippen molar-refractivity contribution < 1.29 is 9.53 Å². The number of nitrogens with two attached hydrogens (primary N) is 1. The minimum absolute atomic E-state index is 0.0206. The molecule has 0 saturated carbocycles. The number of hydrogen-bond donors (Lipinski definition) is 2. The fourth-order valence-electron chi connectivity index (χ4n) is 1.87. The molecule has 1 heterocycles. The van der Waals surface area contributed by atoms with Crippen LogP contribution in [0.15, 0.2) is 0 Å². The molecule has 1 aliphatic heterocycles. The van der Waals surface area contributed by atoms with Crippen molar-refractivity contribution in [2.45, 2.75) is 65.1 Å². The number of rotatable bonds is 3. The highest BCUT2D eigenvalue weighted by molar-refractivity contribution is 5.77. The first-order chi connectivity index (χ1) is 7.65. The number of ether oxygens (including phenoxy) is 1. The van der Waals surface area contributed by atoms with Crippen LogP contribution in [0.1, 0.15) is 47.5 Å². The van der Waals surface area contributed by atoms with Crippen molar-refractivity contribution in [3.63, 3.8) is 0 Å². The first-order valence-electron chi connectivity index (χ1n) is 6.33. The molecular weight excluding hydrogens is 216 g/mol. The topological polar surface area (TPSA) is 64.3 Å². The lowest BCUT2D eigenvalue weighted by molar-refractivity contribution is -0.124. The van der Waals surface area contributed by atoms with Gasteiger partial charge in [-0.1, -0.05) is 20.8 Å². The maximum absolute atomic E-state index is 12.0. The Labute approximate surface area is 104 Å². The molecule has 4 nitrogen and oxygen atoms in total. The lowest BCUT2D eigenvalue weighted by Crippen LogP contribution is -2.52. The van der Waals surface area contributed by atoms with Crippen LogP contribution in [0.3, 0.4) is 0 Å². The SMILES string of the molecule is CC1OCCC1(C)NC(=O)CC(N)C(C)(C)C. The second-order valence-electron chi connectivity index (χ2n) is 6.41. The molecule has 1 rings (SSSR count). The van der Waals surface area contributed by atoms with E-state index in [1.54, 1.807) is 0 Å². The van der Waals surface area contributed by atoms with Crippen LogP contribution in [-0.2, 0) is 9.53 Å². The van der Waals surface area contributed by atoms with Gasteiger partial charge in [0.05, 0.1) is 11.6 Å². The smallest absolute Gasteiger partial charge is 0.222 e. The third-order valence-electron chi connectivity index (χ3n) is 3.83. The fraction of sp³-hybridized carbons (Fsp3) is 0.923. The van der Waals surface area contributed by atoms with E-state index in [1.807, 2.05) is 34.6 Å². The Morgan fingerprint density at radius 1 is 1.59 bits per heavy atom. The van der Waals surface area contributed by atoms with Crippen LogP contribution in [0, 0.1) is 5.41 Å². The number of carbonyl (C=O) groups is 1. The lowest BCUT2D eigenvalue weighted by Gasteiger charge is -2.31. The summed E-state index contributed by atoms with van der Waals surface area (Å²) < 4.78 is 5.50. The molecule has 0 bridgehead atoms. The van der Waals surface area contributed by atoms with Gasteiger partial charge >= 0.3 is 0 Å². The van der Waals surface area contributed by atoms with Crippen LogP contribution in [0.25, 0.3) is 0 Å². The molecule has 100 valence electrons. The minimum Gasteiger partial charge on any atom is -0.376 e. The van der Waals surface area contributed by atoms with E-state index in [1.165, 1.54) is 0 Å². The number of nitrogens with one attached hydrogen (secondary N) is 1. The van der Waals surface area contributed by atoms with Crippen molar-refractivity contribution in [3.8, 4) is 0 Å². The molecule has 17 heavy (non-hydrogen) atoms. The van der Waals surface area contributed by atoms with Crippen LogP contribution in [-0.4, -0.2) is 30.2 Å². The van der Waals surface area contributed by atoms with Gasteiger partial charge in [-0.2, -0.15) is 0 Å². The van der Waals surface area contributed by atoms with Crippen molar-refractivity contribution >= 4 is 5.91 Å². The predicted molar refractivity (Wildman–Crippen MR) is 68.6 cm³/mol. The molecule has 1 fully saturated rings. The van der Waals surface area contributed by atoms with Crippen LogP contribution in [0.4, 0.5) is 0 Å². The van der Waals surface area contributed by atoms with Crippen LogP contribution < -0.4 is 11.1 Å². The van der Waals surface area contributed by atoms with Crippen molar-refractivity contribution in [1.82, 2.24) is 5.32 Å². The molecule has 1 saturated heterocycles. The molecule has 3 unspecified atom stereocenters. The molecule has 0 aromatic rings. The van der Waals surface area contributed by atoms with Gasteiger partial charge in [-0.3, -0.25) is 4.79 Å². The van der Waals surface area contributed by atoms with Gasteiger partial charge in [0.1, 0.15) is 0 Å². The molecule has 1 amide bonds. The summed E-state index contributed by atoms with van der Waals surface area (Å²) in [6.45, 7) is 10.9. The van der Waals surface area contributed by atoms with Crippen molar-refractivity contribution in [3.05, 3.63) is 0 Å². The highest BCUT2D eigenvalue weighted by atomic mass is 16.5. The van der Waals surface area contributed by atoms with Crippen LogP contribution >= 0.6 is 0 Å². The molecule has 3 N–H and O–H groups in total. The molecule has 3 atom stereocenters. The minimum atomic E-state index is -0.241. The van der Waals surface area contributed by atoms with Gasteiger partial charge in [-0.05, 0) is 25.7 Å². The Morgan fingerprint density at radius 3 is 2.59 bits per heavy atom. The van der Waals surface area contributed by atoms with E-state index in [2.05, 4.69) is 5.32 Å². The summed E-state index contributed by atoms with van der Waals surface area (Å²) in [5, 5.41) is 3.06. The second kappa shape index (κ2) is 4.94. The van der Waals surface area contributed by atoms with Gasteiger partial charge in [0.15, 0.2) is 0 Å². The van der Waals surface area contributed by atoms with E-state index in [-0.39, 0.29) is 29.0 Å². The van der Waals surface area contributed by atoms with Gasteiger partial charge in [-0.25, -0.2) is 0 Å². The zero-order chi connectivity index (χ0) is 13.3. The Hall–Kier alpha value is -0.610. The monoisotopic (exact) mass is 242 g/mol. The molecule has 0 aromatic heterocycles. The molecule has 0 aliphatic carbocycles. The summed E-state index contributed by atoms with van der Waals surface area (Å²) in [7, 11) is 0. The van der Waals surface area contributed by atoms with Gasteiger partial charge in [-0.15, -0.1) is 0 Å². The summed E-state index contributed by atoms with van der Waals surface area (Å²) in [6, 6.07) is -0.122. The lowest BCUT2D eigenvalue weighted by atomic mass is 9.85. The quantitative estimate of drug-likeness (QED) is 0.787. The van der Waals surface area contributed by atoms with Crippen molar-refractivity contribution in [2.24, 2.45) is 11.1 Å². The van der Waals surface area contributed by atoms with Gasteiger partial charge in [0, 0.05) is 19.1 Å². The summed E-state index contributed by atoms with van der Waals surface area (Å²) in [6.07, 6.45) is 1.30. The Kier molecular flexibility index (Phi) is 4.20. The summed E-state index contributed by atoms with van der Waals surface area (Å²) in [4.78, 5) is 12.0. The standard InChI is InChI=1S/C13H26N2O2/c1-9-13(5,6-7-17-9)15-11(16)8-10(14)12(2,3)4/h9-10H,6-8,14H2,1-5H3,(H,15,16). The van der Waals surface area contributed by atoms with Crippen LogP contribution in [0.2, 0.25) is 0 Å². The zero-order valence-corrected chi connectivity index (χ0v) is 11.7. The average molecular weight is 242 g/mol. The van der Waals surface area contributed by atoms with Gasteiger partial charge in [0.2, 0.25) is 5.91 Å². The van der Waals surface area contributed by atoms with E-state index in [0.717, 1.165) is 6.42 Å². The fourth-order valence-corrected chi connectivity index (χ4v) is 1.87. The van der Waals surface area contributed by atoms with Crippen molar-refractivity contribution in [2.75, 3.05) is 6.61 Å². The van der Waals surface area contributed by atoms with E-state index in [0.29, 0.717) is 13.0 Å². The number of amides is 1. The summed E-state index contributed by atoms with van der Waals surface area (Å²) in [5.41, 5.74) is 5.72.